The predicted molar refractivity (Wildman–Crippen MR) is 106 cm³/mol. The number of hydrogen-bond acceptors (Lipinski definition) is 4. The Morgan fingerprint density at radius 2 is 1.57 bits per heavy atom. The maximum absolute atomic E-state index is 13.4. The number of halogens is 3. The third-order valence-electron chi connectivity index (χ3n) is 3.96. The first kappa shape index (κ1) is 20.9. The Morgan fingerprint density at radius 1 is 0.967 bits per heavy atom. The van der Waals surface area contributed by atoms with E-state index < -0.39 is 34.4 Å². The topological polar surface area (TPSA) is 116 Å². The summed E-state index contributed by atoms with van der Waals surface area (Å²) in [6.07, 6.45) is 1.22. The second kappa shape index (κ2) is 8.70. The number of imidazole rings is 1. The number of nitrogens with zero attached hydrogens (tertiary/aromatic N) is 1. The summed E-state index contributed by atoms with van der Waals surface area (Å²) in [5, 5.41) is 6.96. The van der Waals surface area contributed by atoms with E-state index in [1.807, 2.05) is 0 Å². The summed E-state index contributed by atoms with van der Waals surface area (Å²) in [5.74, 6) is -4.26. The van der Waals surface area contributed by atoms with Gasteiger partial charge in [0.05, 0.1) is 11.3 Å². The highest BCUT2D eigenvalue weighted by molar-refractivity contribution is 6.31. The Bertz CT molecular complexity index is 1110. The molecule has 0 aliphatic heterocycles. The fourth-order valence-corrected chi connectivity index (χ4v) is 2.69. The maximum atomic E-state index is 13.4. The lowest BCUT2D eigenvalue weighted by atomic mass is 10.2. The van der Waals surface area contributed by atoms with Crippen molar-refractivity contribution in [1.82, 2.24) is 15.3 Å². The van der Waals surface area contributed by atoms with E-state index in [-0.39, 0.29) is 17.0 Å². The molecule has 11 heteroatoms. The number of H-pyrrole nitrogens is 1. The number of aromatic amines is 1. The van der Waals surface area contributed by atoms with Gasteiger partial charge in [-0.15, -0.1) is 0 Å². The minimum atomic E-state index is -1.24. The number of carbonyl (C=O) groups excluding carboxylic acids is 3. The average molecular weight is 434 g/mol. The largest absolute Gasteiger partial charge is 0.354 e. The molecule has 0 saturated carbocycles. The van der Waals surface area contributed by atoms with Crippen LogP contribution in [-0.4, -0.2) is 34.7 Å². The fraction of sp³-hybridized carbons (Fsp3) is 0.0526. The van der Waals surface area contributed by atoms with Gasteiger partial charge in [0.1, 0.15) is 5.69 Å². The lowest BCUT2D eigenvalue weighted by Crippen LogP contribution is -2.23. The second-order valence-electron chi connectivity index (χ2n) is 5.94. The zero-order valence-electron chi connectivity index (χ0n) is 15.3. The standard InChI is InChI=1S/C19H14ClF2N5O3/c1-23-18(29)15-16(25-8-24-15)19(30)27-11-4-2-10(3-5-11)26-17(28)9-6-12(20)14(22)13(21)7-9/h2-8H,1H3,(H,23,29)(H,24,25)(H,26,28)(H,27,30). The summed E-state index contributed by atoms with van der Waals surface area (Å²) in [6.45, 7) is 0. The fourth-order valence-electron chi connectivity index (χ4n) is 2.48. The summed E-state index contributed by atoms with van der Waals surface area (Å²) in [6, 6.07) is 7.73. The highest BCUT2D eigenvalue weighted by atomic mass is 35.5. The molecule has 0 saturated heterocycles. The lowest BCUT2D eigenvalue weighted by Gasteiger charge is -2.09. The van der Waals surface area contributed by atoms with Gasteiger partial charge in [-0.1, -0.05) is 11.6 Å². The molecule has 0 unspecified atom stereocenters. The Hall–Kier alpha value is -3.79. The third kappa shape index (κ3) is 4.44. The van der Waals surface area contributed by atoms with Gasteiger partial charge in [0.2, 0.25) is 0 Å². The van der Waals surface area contributed by atoms with Crippen molar-refractivity contribution in [3.8, 4) is 0 Å². The number of benzene rings is 2. The summed E-state index contributed by atoms with van der Waals surface area (Å²) < 4.78 is 26.7. The average Bonchev–Trinajstić information content (AvgIpc) is 3.22. The van der Waals surface area contributed by atoms with E-state index in [0.29, 0.717) is 11.4 Å². The van der Waals surface area contributed by atoms with Crippen LogP contribution in [0.15, 0.2) is 42.7 Å². The zero-order valence-corrected chi connectivity index (χ0v) is 16.1. The van der Waals surface area contributed by atoms with Crippen LogP contribution in [0.5, 0.6) is 0 Å². The Kier molecular flexibility index (Phi) is 6.07. The van der Waals surface area contributed by atoms with Gasteiger partial charge in [0, 0.05) is 24.0 Å². The van der Waals surface area contributed by atoms with Crippen LogP contribution in [0.4, 0.5) is 20.2 Å². The van der Waals surface area contributed by atoms with Crippen molar-refractivity contribution in [2.24, 2.45) is 0 Å². The predicted octanol–water partition coefficient (Wildman–Crippen LogP) is 3.21. The smallest absolute Gasteiger partial charge is 0.274 e. The Morgan fingerprint density at radius 3 is 2.13 bits per heavy atom. The van der Waals surface area contributed by atoms with Crippen LogP contribution in [0, 0.1) is 11.6 Å². The van der Waals surface area contributed by atoms with Crippen molar-refractivity contribution in [2.45, 2.75) is 0 Å². The zero-order chi connectivity index (χ0) is 21.8. The summed E-state index contributed by atoms with van der Waals surface area (Å²) >= 11 is 5.55. The van der Waals surface area contributed by atoms with Gasteiger partial charge in [-0.2, -0.15) is 0 Å². The number of aromatic nitrogens is 2. The van der Waals surface area contributed by atoms with Crippen molar-refractivity contribution in [2.75, 3.05) is 17.7 Å². The molecule has 0 radical (unpaired) electrons. The molecule has 0 aliphatic rings. The molecular formula is C19H14ClF2N5O3. The highest BCUT2D eigenvalue weighted by Crippen LogP contribution is 2.21. The number of amides is 3. The Labute approximate surface area is 173 Å². The molecule has 0 aliphatic carbocycles. The van der Waals surface area contributed by atoms with Gasteiger partial charge >= 0.3 is 0 Å². The molecule has 154 valence electrons. The first-order chi connectivity index (χ1) is 14.3. The minimum absolute atomic E-state index is 0.0121. The van der Waals surface area contributed by atoms with Crippen LogP contribution in [0.25, 0.3) is 0 Å². The molecule has 0 atom stereocenters. The summed E-state index contributed by atoms with van der Waals surface area (Å²) in [4.78, 5) is 42.7. The molecule has 1 aromatic heterocycles. The Balaban J connectivity index is 1.68. The van der Waals surface area contributed by atoms with Crippen molar-refractivity contribution in [1.29, 1.82) is 0 Å². The number of anilines is 2. The van der Waals surface area contributed by atoms with Gasteiger partial charge in [-0.25, -0.2) is 13.8 Å². The van der Waals surface area contributed by atoms with E-state index >= 15 is 0 Å². The van der Waals surface area contributed by atoms with E-state index in [4.69, 9.17) is 11.6 Å². The number of carbonyl (C=O) groups is 3. The molecule has 2 aromatic carbocycles. The molecule has 3 rings (SSSR count). The van der Waals surface area contributed by atoms with E-state index in [2.05, 4.69) is 25.9 Å². The normalized spacial score (nSPS) is 10.4. The van der Waals surface area contributed by atoms with Crippen LogP contribution < -0.4 is 16.0 Å². The molecule has 3 aromatic rings. The van der Waals surface area contributed by atoms with E-state index in [1.54, 1.807) is 0 Å². The third-order valence-corrected chi connectivity index (χ3v) is 4.23. The first-order valence-electron chi connectivity index (χ1n) is 8.43. The van der Waals surface area contributed by atoms with Crippen LogP contribution >= 0.6 is 11.6 Å². The number of rotatable bonds is 5. The van der Waals surface area contributed by atoms with Crippen molar-refractivity contribution >= 4 is 40.7 Å². The molecule has 8 nitrogen and oxygen atoms in total. The molecular weight excluding hydrogens is 420 g/mol. The molecule has 0 fully saturated rings. The molecule has 3 amide bonds. The highest BCUT2D eigenvalue weighted by Gasteiger charge is 2.19. The van der Waals surface area contributed by atoms with Crippen LogP contribution in [0.1, 0.15) is 31.3 Å². The second-order valence-corrected chi connectivity index (χ2v) is 6.35. The van der Waals surface area contributed by atoms with E-state index in [1.165, 1.54) is 37.6 Å². The van der Waals surface area contributed by atoms with Crippen molar-refractivity contribution in [3.63, 3.8) is 0 Å². The molecule has 1 heterocycles. The lowest BCUT2D eigenvalue weighted by molar-refractivity contribution is 0.0943. The number of nitrogens with one attached hydrogen (secondary N) is 4. The monoisotopic (exact) mass is 433 g/mol. The summed E-state index contributed by atoms with van der Waals surface area (Å²) in [5.41, 5.74) is 0.501. The van der Waals surface area contributed by atoms with Gasteiger partial charge in [-0.3, -0.25) is 14.4 Å². The summed E-state index contributed by atoms with van der Waals surface area (Å²) in [7, 11) is 1.42. The maximum Gasteiger partial charge on any atom is 0.274 e. The first-order valence-corrected chi connectivity index (χ1v) is 8.80. The van der Waals surface area contributed by atoms with Crippen LogP contribution in [0.2, 0.25) is 5.02 Å². The van der Waals surface area contributed by atoms with Gasteiger partial charge in [-0.05, 0) is 36.4 Å². The van der Waals surface area contributed by atoms with Gasteiger partial charge in [0.25, 0.3) is 17.7 Å². The van der Waals surface area contributed by atoms with Crippen LogP contribution in [-0.2, 0) is 0 Å². The molecule has 0 bridgehead atoms. The quantitative estimate of drug-likeness (QED) is 0.462. The van der Waals surface area contributed by atoms with Crippen molar-refractivity contribution < 1.29 is 23.2 Å². The van der Waals surface area contributed by atoms with Gasteiger partial charge < -0.3 is 20.9 Å². The van der Waals surface area contributed by atoms with E-state index in [9.17, 15) is 23.2 Å². The number of hydrogen-bond donors (Lipinski definition) is 4. The van der Waals surface area contributed by atoms with Gasteiger partial charge in [0.15, 0.2) is 17.3 Å². The molecule has 0 spiro atoms. The molecule has 4 N–H and O–H groups in total. The van der Waals surface area contributed by atoms with E-state index in [0.717, 1.165) is 12.1 Å². The molecule has 30 heavy (non-hydrogen) atoms. The minimum Gasteiger partial charge on any atom is -0.354 e. The van der Waals surface area contributed by atoms with Crippen molar-refractivity contribution in [3.05, 3.63) is 76.3 Å². The SMILES string of the molecule is CNC(=O)c1nc[nH]c1C(=O)Nc1ccc(NC(=O)c2cc(F)c(F)c(Cl)c2)cc1. The van der Waals surface area contributed by atoms with Crippen LogP contribution in [0.3, 0.4) is 0 Å².